The lowest BCUT2D eigenvalue weighted by molar-refractivity contribution is 0.499. The highest BCUT2D eigenvalue weighted by molar-refractivity contribution is 5.62. The number of piperidine rings is 1. The Kier molecular flexibility index (Phi) is 4.62. The first-order valence-corrected chi connectivity index (χ1v) is 8.49. The van der Waals surface area contributed by atoms with Gasteiger partial charge in [-0.3, -0.25) is 0 Å². The van der Waals surface area contributed by atoms with Gasteiger partial charge in [0.05, 0.1) is 17.6 Å². The Morgan fingerprint density at radius 1 is 1.17 bits per heavy atom. The van der Waals surface area contributed by atoms with Crippen LogP contribution in [-0.2, 0) is 0 Å². The van der Waals surface area contributed by atoms with Gasteiger partial charge in [0, 0.05) is 24.7 Å². The second-order valence-electron chi connectivity index (χ2n) is 6.76. The van der Waals surface area contributed by atoms with Crippen LogP contribution in [-0.4, -0.2) is 29.1 Å². The fourth-order valence-corrected chi connectivity index (χ4v) is 3.15. The van der Waals surface area contributed by atoms with Gasteiger partial charge in [0.1, 0.15) is 0 Å². The number of anilines is 1. The molecule has 0 bridgehead atoms. The van der Waals surface area contributed by atoms with Gasteiger partial charge in [0.2, 0.25) is 0 Å². The molecule has 0 aliphatic carbocycles. The van der Waals surface area contributed by atoms with E-state index in [-0.39, 0.29) is 0 Å². The normalized spacial score (nSPS) is 16.1. The monoisotopic (exact) mass is 310 g/mol. The van der Waals surface area contributed by atoms with Gasteiger partial charge in [-0.25, -0.2) is 9.97 Å². The SMILES string of the molecule is Cc1ccccc1-c1ncc(N2CCC(N)CC2)c(C(C)C)n1. The first kappa shape index (κ1) is 15.9. The van der Waals surface area contributed by atoms with Crippen molar-refractivity contribution in [3.8, 4) is 11.4 Å². The van der Waals surface area contributed by atoms with Gasteiger partial charge in [-0.2, -0.15) is 0 Å². The number of hydrogen-bond donors (Lipinski definition) is 1. The molecule has 0 radical (unpaired) electrons. The van der Waals surface area contributed by atoms with Crippen molar-refractivity contribution in [1.82, 2.24) is 9.97 Å². The number of nitrogens with two attached hydrogens (primary N) is 1. The molecule has 0 unspecified atom stereocenters. The first-order valence-electron chi connectivity index (χ1n) is 8.49. The van der Waals surface area contributed by atoms with Crippen LogP contribution in [0.2, 0.25) is 0 Å². The Bertz CT molecular complexity index is 673. The number of nitrogens with zero attached hydrogens (tertiary/aromatic N) is 3. The van der Waals surface area contributed by atoms with Crippen LogP contribution in [0.1, 0.15) is 43.9 Å². The zero-order valence-electron chi connectivity index (χ0n) is 14.3. The summed E-state index contributed by atoms with van der Waals surface area (Å²) in [5.41, 5.74) is 10.7. The van der Waals surface area contributed by atoms with E-state index in [1.165, 1.54) is 11.3 Å². The van der Waals surface area contributed by atoms with E-state index in [2.05, 4.69) is 42.8 Å². The lowest BCUT2D eigenvalue weighted by Crippen LogP contribution is -2.40. The maximum Gasteiger partial charge on any atom is 0.159 e. The Morgan fingerprint density at radius 2 is 1.87 bits per heavy atom. The van der Waals surface area contributed by atoms with E-state index in [0.717, 1.165) is 43.0 Å². The fourth-order valence-electron chi connectivity index (χ4n) is 3.15. The summed E-state index contributed by atoms with van der Waals surface area (Å²) in [4.78, 5) is 12.0. The number of hydrogen-bond acceptors (Lipinski definition) is 4. The molecular weight excluding hydrogens is 284 g/mol. The Hall–Kier alpha value is -1.94. The molecule has 2 N–H and O–H groups in total. The van der Waals surface area contributed by atoms with Crippen LogP contribution in [0, 0.1) is 6.92 Å². The number of aromatic nitrogens is 2. The van der Waals surface area contributed by atoms with Crippen LogP contribution in [0.5, 0.6) is 0 Å². The molecule has 2 aromatic rings. The van der Waals surface area contributed by atoms with Crippen LogP contribution in [0.25, 0.3) is 11.4 Å². The van der Waals surface area contributed by atoms with Crippen LogP contribution in [0.15, 0.2) is 30.5 Å². The molecule has 0 spiro atoms. The molecule has 1 aliphatic heterocycles. The topological polar surface area (TPSA) is 55.0 Å². The minimum atomic E-state index is 0.334. The van der Waals surface area contributed by atoms with E-state index >= 15 is 0 Å². The Balaban J connectivity index is 1.98. The van der Waals surface area contributed by atoms with Gasteiger partial charge in [-0.1, -0.05) is 38.1 Å². The molecule has 4 heteroatoms. The standard InChI is InChI=1S/C19H26N4/c1-13(2)18-17(23-10-8-15(20)9-11-23)12-21-19(22-18)16-7-5-4-6-14(16)3/h4-7,12-13,15H,8-11,20H2,1-3H3. The molecule has 1 fully saturated rings. The summed E-state index contributed by atoms with van der Waals surface area (Å²) in [6.07, 6.45) is 4.08. The minimum Gasteiger partial charge on any atom is -0.369 e. The van der Waals surface area contributed by atoms with Crippen LogP contribution in [0.4, 0.5) is 5.69 Å². The molecule has 0 amide bonds. The summed E-state index contributed by atoms with van der Waals surface area (Å²) in [6.45, 7) is 8.49. The quantitative estimate of drug-likeness (QED) is 0.942. The molecular formula is C19H26N4. The number of rotatable bonds is 3. The average Bonchev–Trinajstić information content (AvgIpc) is 2.55. The Labute approximate surface area is 138 Å². The van der Waals surface area contributed by atoms with Crippen molar-refractivity contribution < 1.29 is 0 Å². The molecule has 0 saturated carbocycles. The number of benzene rings is 1. The van der Waals surface area contributed by atoms with Crippen molar-refractivity contribution in [1.29, 1.82) is 0 Å². The third-order valence-corrected chi connectivity index (χ3v) is 4.61. The summed E-state index contributed by atoms with van der Waals surface area (Å²) in [7, 11) is 0. The maximum atomic E-state index is 6.03. The maximum absolute atomic E-state index is 6.03. The molecule has 1 aromatic heterocycles. The highest BCUT2D eigenvalue weighted by Crippen LogP contribution is 2.30. The average molecular weight is 310 g/mol. The van der Waals surface area contributed by atoms with Crippen molar-refractivity contribution in [3.05, 3.63) is 41.7 Å². The van der Waals surface area contributed by atoms with Crippen molar-refractivity contribution >= 4 is 5.69 Å². The molecule has 3 rings (SSSR count). The second kappa shape index (κ2) is 6.67. The van der Waals surface area contributed by atoms with E-state index in [1.54, 1.807) is 0 Å². The third kappa shape index (κ3) is 3.37. The lowest BCUT2D eigenvalue weighted by atomic mass is 10.0. The third-order valence-electron chi connectivity index (χ3n) is 4.61. The van der Waals surface area contributed by atoms with Gasteiger partial charge in [0.15, 0.2) is 5.82 Å². The molecule has 1 aliphatic rings. The minimum absolute atomic E-state index is 0.334. The van der Waals surface area contributed by atoms with Crippen molar-refractivity contribution in [3.63, 3.8) is 0 Å². The van der Waals surface area contributed by atoms with Crippen molar-refractivity contribution in [2.24, 2.45) is 5.73 Å². The number of aryl methyl sites for hydroxylation is 1. The first-order chi connectivity index (χ1) is 11.1. The smallest absolute Gasteiger partial charge is 0.159 e. The fraction of sp³-hybridized carbons (Fsp3) is 0.474. The predicted molar refractivity (Wildman–Crippen MR) is 95.7 cm³/mol. The zero-order chi connectivity index (χ0) is 16.4. The highest BCUT2D eigenvalue weighted by atomic mass is 15.2. The summed E-state index contributed by atoms with van der Waals surface area (Å²) in [5.74, 6) is 1.19. The van der Waals surface area contributed by atoms with E-state index in [1.807, 2.05) is 18.3 Å². The molecule has 0 atom stereocenters. The van der Waals surface area contributed by atoms with E-state index in [4.69, 9.17) is 10.7 Å². The van der Waals surface area contributed by atoms with E-state index in [9.17, 15) is 0 Å². The van der Waals surface area contributed by atoms with E-state index in [0.29, 0.717) is 12.0 Å². The highest BCUT2D eigenvalue weighted by Gasteiger charge is 2.21. The van der Waals surface area contributed by atoms with Crippen molar-refractivity contribution in [2.75, 3.05) is 18.0 Å². The van der Waals surface area contributed by atoms with Gasteiger partial charge in [-0.15, -0.1) is 0 Å². The summed E-state index contributed by atoms with van der Waals surface area (Å²) in [6, 6.07) is 8.62. The van der Waals surface area contributed by atoms with Crippen LogP contribution >= 0.6 is 0 Å². The lowest BCUT2D eigenvalue weighted by Gasteiger charge is -2.33. The predicted octanol–water partition coefficient (Wildman–Crippen LogP) is 3.50. The van der Waals surface area contributed by atoms with Crippen LogP contribution in [0.3, 0.4) is 0 Å². The van der Waals surface area contributed by atoms with Crippen molar-refractivity contribution in [2.45, 2.75) is 45.6 Å². The van der Waals surface area contributed by atoms with Gasteiger partial charge < -0.3 is 10.6 Å². The Morgan fingerprint density at radius 3 is 2.52 bits per heavy atom. The van der Waals surface area contributed by atoms with E-state index < -0.39 is 0 Å². The second-order valence-corrected chi connectivity index (χ2v) is 6.76. The largest absolute Gasteiger partial charge is 0.369 e. The molecule has 23 heavy (non-hydrogen) atoms. The molecule has 122 valence electrons. The summed E-state index contributed by atoms with van der Waals surface area (Å²) < 4.78 is 0. The zero-order valence-corrected chi connectivity index (χ0v) is 14.3. The van der Waals surface area contributed by atoms with Crippen LogP contribution < -0.4 is 10.6 Å². The summed E-state index contributed by atoms with van der Waals surface area (Å²) >= 11 is 0. The van der Waals surface area contributed by atoms with Gasteiger partial charge in [-0.05, 0) is 31.2 Å². The molecule has 1 saturated heterocycles. The van der Waals surface area contributed by atoms with Gasteiger partial charge >= 0.3 is 0 Å². The van der Waals surface area contributed by atoms with Gasteiger partial charge in [0.25, 0.3) is 0 Å². The molecule has 1 aromatic carbocycles. The molecule has 4 nitrogen and oxygen atoms in total. The summed E-state index contributed by atoms with van der Waals surface area (Å²) in [5, 5.41) is 0. The molecule has 2 heterocycles.